The highest BCUT2D eigenvalue weighted by Gasteiger charge is 2.30. The SMILES string of the molecule is Cc1ccc(S(=O)(=O)C(C#N)c2cnccc2Cl)cc1. The van der Waals surface area contributed by atoms with Gasteiger partial charge in [0.05, 0.1) is 11.0 Å². The Bertz CT molecular complexity index is 765. The van der Waals surface area contributed by atoms with E-state index in [0.29, 0.717) is 0 Å². The Morgan fingerprint density at radius 2 is 1.90 bits per heavy atom. The fraction of sp³-hybridized carbons (Fsp3) is 0.143. The van der Waals surface area contributed by atoms with E-state index in [4.69, 9.17) is 11.6 Å². The van der Waals surface area contributed by atoms with Crippen LogP contribution in [-0.4, -0.2) is 13.4 Å². The molecule has 0 saturated carbocycles. The van der Waals surface area contributed by atoms with E-state index in [9.17, 15) is 13.7 Å². The average molecular weight is 307 g/mol. The van der Waals surface area contributed by atoms with Crippen LogP contribution in [0.4, 0.5) is 0 Å². The van der Waals surface area contributed by atoms with Crippen LogP contribution in [0, 0.1) is 18.3 Å². The van der Waals surface area contributed by atoms with Crippen molar-refractivity contribution < 1.29 is 8.42 Å². The molecular weight excluding hydrogens is 296 g/mol. The maximum Gasteiger partial charge on any atom is 0.198 e. The Kier molecular flexibility index (Phi) is 4.07. The summed E-state index contributed by atoms with van der Waals surface area (Å²) in [6.45, 7) is 1.86. The van der Waals surface area contributed by atoms with Gasteiger partial charge in [0.1, 0.15) is 0 Å². The molecule has 0 radical (unpaired) electrons. The molecule has 0 fully saturated rings. The Morgan fingerprint density at radius 3 is 2.45 bits per heavy atom. The van der Waals surface area contributed by atoms with Crippen LogP contribution < -0.4 is 0 Å². The molecule has 1 atom stereocenters. The van der Waals surface area contributed by atoms with Crippen LogP contribution in [0.25, 0.3) is 0 Å². The van der Waals surface area contributed by atoms with Crippen molar-refractivity contribution in [1.29, 1.82) is 5.26 Å². The fourth-order valence-corrected chi connectivity index (χ4v) is 3.48. The smallest absolute Gasteiger partial charge is 0.198 e. The number of nitrogens with zero attached hydrogens (tertiary/aromatic N) is 2. The standard InChI is InChI=1S/C14H11ClN2O2S/c1-10-2-4-11(5-3-10)20(18,19)14(8-16)12-9-17-7-6-13(12)15/h2-7,9,14H,1H3. The van der Waals surface area contributed by atoms with Gasteiger partial charge in [0.25, 0.3) is 0 Å². The number of nitriles is 1. The topological polar surface area (TPSA) is 70.8 Å². The van der Waals surface area contributed by atoms with Gasteiger partial charge in [-0.25, -0.2) is 8.42 Å². The number of sulfone groups is 1. The average Bonchev–Trinajstić information content (AvgIpc) is 2.42. The van der Waals surface area contributed by atoms with Gasteiger partial charge < -0.3 is 0 Å². The summed E-state index contributed by atoms with van der Waals surface area (Å²) >= 11 is 5.96. The van der Waals surface area contributed by atoms with Crippen LogP contribution in [0.1, 0.15) is 16.4 Å². The van der Waals surface area contributed by atoms with Gasteiger partial charge in [0.15, 0.2) is 15.1 Å². The minimum absolute atomic E-state index is 0.0922. The predicted octanol–water partition coefficient (Wildman–Crippen LogP) is 3.08. The molecule has 0 spiro atoms. The van der Waals surface area contributed by atoms with Gasteiger partial charge in [0, 0.05) is 23.0 Å². The lowest BCUT2D eigenvalue weighted by Gasteiger charge is -2.12. The number of benzene rings is 1. The zero-order chi connectivity index (χ0) is 14.8. The summed E-state index contributed by atoms with van der Waals surface area (Å²) in [6, 6.07) is 9.61. The molecule has 0 aliphatic rings. The number of pyridine rings is 1. The maximum atomic E-state index is 12.5. The summed E-state index contributed by atoms with van der Waals surface area (Å²) < 4.78 is 25.0. The summed E-state index contributed by atoms with van der Waals surface area (Å²) in [5.41, 5.74) is 1.13. The Balaban J connectivity index is 2.55. The first-order valence-electron chi connectivity index (χ1n) is 5.76. The van der Waals surface area contributed by atoms with Crippen LogP contribution in [0.15, 0.2) is 47.6 Å². The fourth-order valence-electron chi connectivity index (χ4n) is 1.75. The molecule has 1 aromatic heterocycles. The minimum Gasteiger partial charge on any atom is -0.264 e. The second kappa shape index (κ2) is 5.61. The van der Waals surface area contributed by atoms with Gasteiger partial charge in [-0.15, -0.1) is 0 Å². The first-order valence-corrected chi connectivity index (χ1v) is 7.69. The third-order valence-corrected chi connectivity index (χ3v) is 5.11. The molecule has 0 bridgehead atoms. The van der Waals surface area contributed by atoms with Crippen molar-refractivity contribution in [2.24, 2.45) is 0 Å². The maximum absolute atomic E-state index is 12.5. The summed E-state index contributed by atoms with van der Waals surface area (Å²) in [7, 11) is -3.83. The van der Waals surface area contributed by atoms with Crippen molar-refractivity contribution in [3.63, 3.8) is 0 Å². The molecule has 6 heteroatoms. The lowest BCUT2D eigenvalue weighted by Crippen LogP contribution is -2.13. The van der Waals surface area contributed by atoms with Gasteiger partial charge in [-0.2, -0.15) is 5.26 Å². The van der Waals surface area contributed by atoms with Crippen molar-refractivity contribution in [3.8, 4) is 6.07 Å². The molecule has 1 unspecified atom stereocenters. The summed E-state index contributed by atoms with van der Waals surface area (Å²) in [4.78, 5) is 3.93. The van der Waals surface area contributed by atoms with Crippen LogP contribution in [0.2, 0.25) is 5.02 Å². The third kappa shape index (κ3) is 2.67. The first-order chi connectivity index (χ1) is 9.46. The van der Waals surface area contributed by atoms with Gasteiger partial charge in [-0.3, -0.25) is 4.98 Å². The van der Waals surface area contributed by atoms with Gasteiger partial charge in [-0.05, 0) is 25.1 Å². The van der Waals surface area contributed by atoms with E-state index in [0.717, 1.165) is 5.56 Å². The van der Waals surface area contributed by atoms with Crippen molar-refractivity contribution >= 4 is 21.4 Å². The van der Waals surface area contributed by atoms with Crippen molar-refractivity contribution in [1.82, 2.24) is 4.98 Å². The lowest BCUT2D eigenvalue weighted by molar-refractivity contribution is 0.591. The van der Waals surface area contributed by atoms with E-state index in [-0.39, 0.29) is 15.5 Å². The van der Waals surface area contributed by atoms with Gasteiger partial charge >= 0.3 is 0 Å². The van der Waals surface area contributed by atoms with Crippen LogP contribution in [-0.2, 0) is 9.84 Å². The predicted molar refractivity (Wildman–Crippen MR) is 76.0 cm³/mol. The molecule has 102 valence electrons. The number of aromatic nitrogens is 1. The van der Waals surface area contributed by atoms with E-state index < -0.39 is 15.1 Å². The van der Waals surface area contributed by atoms with E-state index >= 15 is 0 Å². The molecule has 2 rings (SSSR count). The molecule has 0 aliphatic heterocycles. The van der Waals surface area contributed by atoms with E-state index in [1.165, 1.54) is 30.6 Å². The van der Waals surface area contributed by atoms with Crippen molar-refractivity contribution in [2.75, 3.05) is 0 Å². The van der Waals surface area contributed by atoms with Crippen LogP contribution in [0.5, 0.6) is 0 Å². The first kappa shape index (κ1) is 14.5. The van der Waals surface area contributed by atoms with E-state index in [2.05, 4.69) is 4.98 Å². The Hall–Kier alpha value is -1.90. The molecule has 0 saturated heterocycles. The molecule has 1 aromatic carbocycles. The summed E-state index contributed by atoms with van der Waals surface area (Å²) in [5, 5.41) is 8.08. The molecule has 0 N–H and O–H groups in total. The normalized spacial score (nSPS) is 12.7. The molecule has 0 amide bonds. The molecule has 0 aliphatic carbocycles. The molecule has 1 heterocycles. The molecule has 20 heavy (non-hydrogen) atoms. The number of hydrogen-bond acceptors (Lipinski definition) is 4. The number of rotatable bonds is 3. The quantitative estimate of drug-likeness (QED) is 0.873. The van der Waals surface area contributed by atoms with Crippen LogP contribution >= 0.6 is 11.6 Å². The second-order valence-corrected chi connectivity index (χ2v) is 6.70. The van der Waals surface area contributed by atoms with Crippen LogP contribution in [0.3, 0.4) is 0 Å². The zero-order valence-electron chi connectivity index (χ0n) is 10.6. The van der Waals surface area contributed by atoms with E-state index in [1.807, 2.05) is 6.92 Å². The zero-order valence-corrected chi connectivity index (χ0v) is 12.2. The highest BCUT2D eigenvalue weighted by Crippen LogP contribution is 2.32. The van der Waals surface area contributed by atoms with Crippen molar-refractivity contribution in [3.05, 3.63) is 58.9 Å². The van der Waals surface area contributed by atoms with Gasteiger partial charge in [-0.1, -0.05) is 29.3 Å². The largest absolute Gasteiger partial charge is 0.264 e. The van der Waals surface area contributed by atoms with Crippen molar-refractivity contribution in [2.45, 2.75) is 17.1 Å². The second-order valence-electron chi connectivity index (χ2n) is 4.26. The molecular formula is C14H11ClN2O2S. The molecule has 2 aromatic rings. The number of aryl methyl sites for hydroxylation is 1. The summed E-state index contributed by atoms with van der Waals surface area (Å²) in [6.07, 6.45) is 2.75. The highest BCUT2D eigenvalue weighted by molar-refractivity contribution is 7.92. The third-order valence-electron chi connectivity index (χ3n) is 2.86. The van der Waals surface area contributed by atoms with E-state index in [1.54, 1.807) is 18.2 Å². The Labute approximate surface area is 122 Å². The minimum atomic E-state index is -3.83. The Morgan fingerprint density at radius 1 is 1.25 bits per heavy atom. The number of halogens is 1. The van der Waals surface area contributed by atoms with Gasteiger partial charge in [0.2, 0.25) is 0 Å². The monoisotopic (exact) mass is 306 g/mol. The molecule has 4 nitrogen and oxygen atoms in total. The number of hydrogen-bond donors (Lipinski definition) is 0. The summed E-state index contributed by atoms with van der Waals surface area (Å²) in [5.74, 6) is 0. The lowest BCUT2D eigenvalue weighted by atomic mass is 10.2. The highest BCUT2D eigenvalue weighted by atomic mass is 35.5.